The number of unbranched alkanes of at least 4 members (excludes halogenated alkanes) is 3. The Labute approximate surface area is 208 Å². The van der Waals surface area contributed by atoms with Crippen LogP contribution in [0.1, 0.15) is 71.6 Å². The van der Waals surface area contributed by atoms with Crippen molar-refractivity contribution < 1.29 is 24.3 Å². The van der Waals surface area contributed by atoms with Crippen molar-refractivity contribution in [2.45, 2.75) is 95.8 Å². The van der Waals surface area contributed by atoms with Gasteiger partial charge in [0.25, 0.3) is 0 Å². The van der Waals surface area contributed by atoms with Crippen LogP contribution >= 0.6 is 0 Å². The minimum atomic E-state index is -1.15. The molecule has 0 heterocycles. The summed E-state index contributed by atoms with van der Waals surface area (Å²) in [7, 11) is 0. The normalized spacial score (nSPS) is 14.6. The summed E-state index contributed by atoms with van der Waals surface area (Å²) in [5, 5.41) is 17.3. The fourth-order valence-corrected chi connectivity index (χ4v) is 3.48. The van der Waals surface area contributed by atoms with Gasteiger partial charge in [-0.1, -0.05) is 20.3 Å². The number of rotatable bonds is 20. The van der Waals surface area contributed by atoms with Crippen LogP contribution < -0.4 is 38.9 Å². The van der Waals surface area contributed by atoms with Gasteiger partial charge in [0, 0.05) is 0 Å². The monoisotopic (exact) mass is 501 g/mol. The maximum Gasteiger partial charge on any atom is 0.326 e. The number of carboxylic acids is 1. The summed E-state index contributed by atoms with van der Waals surface area (Å²) < 4.78 is 0. The van der Waals surface area contributed by atoms with Crippen LogP contribution in [0.5, 0.6) is 0 Å². The Morgan fingerprint density at radius 3 is 1.57 bits per heavy atom. The maximum atomic E-state index is 13.1. The standard InChI is InChI=1S/C23H47N7O5/c1-15(2)19(22(33)29-18(23(34)35)11-5-8-14-26)30-21(32)17(10-4-7-13-25)28-20(31)16(27)9-3-6-12-24/h15-19H,3-14,24-27H2,1-2H3,(H,28,31)(H,29,33)(H,30,32)(H,34,35). The number of aliphatic carboxylic acids is 1. The quantitative estimate of drug-likeness (QED) is 0.0944. The zero-order valence-electron chi connectivity index (χ0n) is 21.3. The van der Waals surface area contributed by atoms with Crippen LogP contribution in [0, 0.1) is 5.92 Å². The molecule has 0 saturated carbocycles. The second kappa shape index (κ2) is 19.0. The molecule has 12 N–H and O–H groups in total. The third kappa shape index (κ3) is 14.0. The molecule has 0 aliphatic rings. The molecule has 4 atom stereocenters. The Hall–Kier alpha value is -2.28. The number of hydrogen-bond acceptors (Lipinski definition) is 8. The highest BCUT2D eigenvalue weighted by molar-refractivity contribution is 5.94. The van der Waals surface area contributed by atoms with Gasteiger partial charge < -0.3 is 44.0 Å². The minimum Gasteiger partial charge on any atom is -0.480 e. The molecule has 0 aromatic heterocycles. The number of nitrogens with two attached hydrogens (primary N) is 4. The zero-order chi connectivity index (χ0) is 26.8. The highest BCUT2D eigenvalue weighted by Gasteiger charge is 2.31. The summed E-state index contributed by atoms with van der Waals surface area (Å²) in [5.41, 5.74) is 22.5. The van der Waals surface area contributed by atoms with E-state index in [9.17, 15) is 24.3 Å². The fourth-order valence-electron chi connectivity index (χ4n) is 3.48. The van der Waals surface area contributed by atoms with Gasteiger partial charge in [0.2, 0.25) is 17.7 Å². The van der Waals surface area contributed by atoms with Gasteiger partial charge in [-0.2, -0.15) is 0 Å². The lowest BCUT2D eigenvalue weighted by Gasteiger charge is -2.27. The highest BCUT2D eigenvalue weighted by atomic mass is 16.4. The molecule has 0 aromatic rings. The van der Waals surface area contributed by atoms with Crippen molar-refractivity contribution in [2.24, 2.45) is 28.9 Å². The average Bonchev–Trinajstić information content (AvgIpc) is 2.80. The Kier molecular flexibility index (Phi) is 17.7. The molecule has 35 heavy (non-hydrogen) atoms. The molecule has 0 aromatic carbocycles. The number of carbonyl (C=O) groups excluding carboxylic acids is 3. The second-order valence-electron chi connectivity index (χ2n) is 9.15. The Morgan fingerprint density at radius 1 is 0.657 bits per heavy atom. The van der Waals surface area contributed by atoms with Gasteiger partial charge in [-0.25, -0.2) is 4.79 Å². The average molecular weight is 502 g/mol. The SMILES string of the molecule is CC(C)C(NC(=O)C(CCCCN)NC(=O)C(N)CCCCN)C(=O)NC(CCCCN)C(=O)O. The molecule has 12 heteroatoms. The minimum absolute atomic E-state index is 0.233. The molecule has 0 radical (unpaired) electrons. The lowest BCUT2D eigenvalue weighted by molar-refractivity contribution is -0.142. The molecule has 0 aliphatic heterocycles. The van der Waals surface area contributed by atoms with Crippen LogP contribution in [-0.4, -0.2) is 72.6 Å². The van der Waals surface area contributed by atoms with Gasteiger partial charge >= 0.3 is 5.97 Å². The molecular formula is C23H47N7O5. The fraction of sp³-hybridized carbons (Fsp3) is 0.826. The van der Waals surface area contributed by atoms with Crippen LogP contribution in [0.25, 0.3) is 0 Å². The van der Waals surface area contributed by atoms with Crippen molar-refractivity contribution in [1.29, 1.82) is 0 Å². The van der Waals surface area contributed by atoms with Crippen molar-refractivity contribution in [3.05, 3.63) is 0 Å². The number of amides is 3. The first-order valence-electron chi connectivity index (χ1n) is 12.6. The van der Waals surface area contributed by atoms with Crippen molar-refractivity contribution in [3.8, 4) is 0 Å². The summed E-state index contributed by atoms with van der Waals surface area (Å²) in [5.74, 6) is -3.06. The summed E-state index contributed by atoms with van der Waals surface area (Å²) >= 11 is 0. The largest absolute Gasteiger partial charge is 0.480 e. The van der Waals surface area contributed by atoms with Crippen LogP contribution in [0.15, 0.2) is 0 Å². The smallest absolute Gasteiger partial charge is 0.326 e. The summed E-state index contributed by atoms with van der Waals surface area (Å²) in [4.78, 5) is 50.1. The van der Waals surface area contributed by atoms with Gasteiger partial charge in [-0.15, -0.1) is 0 Å². The molecule has 0 fully saturated rings. The van der Waals surface area contributed by atoms with Gasteiger partial charge in [0.1, 0.15) is 18.1 Å². The predicted octanol–water partition coefficient (Wildman–Crippen LogP) is -1.10. The van der Waals surface area contributed by atoms with Crippen molar-refractivity contribution in [3.63, 3.8) is 0 Å². The molecule has 204 valence electrons. The maximum absolute atomic E-state index is 13.1. The van der Waals surface area contributed by atoms with Crippen molar-refractivity contribution in [2.75, 3.05) is 19.6 Å². The van der Waals surface area contributed by atoms with E-state index >= 15 is 0 Å². The molecule has 0 bridgehead atoms. The number of carboxylic acid groups (broad SMARTS) is 1. The molecule has 0 rings (SSSR count). The molecule has 0 aliphatic carbocycles. The van der Waals surface area contributed by atoms with Gasteiger partial charge in [0.05, 0.1) is 6.04 Å². The molecule has 4 unspecified atom stereocenters. The van der Waals surface area contributed by atoms with E-state index in [-0.39, 0.29) is 12.3 Å². The van der Waals surface area contributed by atoms with Gasteiger partial charge in [-0.05, 0) is 76.9 Å². The Bertz CT molecular complexity index is 648. The summed E-state index contributed by atoms with van der Waals surface area (Å²) in [6.45, 7) is 4.86. The van der Waals surface area contributed by atoms with E-state index in [4.69, 9.17) is 22.9 Å². The zero-order valence-corrected chi connectivity index (χ0v) is 21.3. The van der Waals surface area contributed by atoms with E-state index in [0.717, 1.165) is 6.42 Å². The van der Waals surface area contributed by atoms with Crippen molar-refractivity contribution >= 4 is 23.7 Å². The lowest BCUT2D eigenvalue weighted by Crippen LogP contribution is -2.58. The molecule has 0 saturated heterocycles. The molecule has 0 spiro atoms. The topological polar surface area (TPSA) is 229 Å². The summed E-state index contributed by atoms with van der Waals surface area (Å²) in [6, 6.07) is -3.74. The van der Waals surface area contributed by atoms with E-state index in [2.05, 4.69) is 16.0 Å². The molecule has 3 amide bonds. The summed E-state index contributed by atoms with van der Waals surface area (Å²) in [6.07, 6.45) is 4.90. The number of hydrogen-bond donors (Lipinski definition) is 8. The Morgan fingerprint density at radius 2 is 1.11 bits per heavy atom. The predicted molar refractivity (Wildman–Crippen MR) is 135 cm³/mol. The van der Waals surface area contributed by atoms with Gasteiger partial charge in [-0.3, -0.25) is 14.4 Å². The van der Waals surface area contributed by atoms with E-state index in [1.807, 2.05) is 0 Å². The van der Waals surface area contributed by atoms with Crippen LogP contribution in [0.4, 0.5) is 0 Å². The van der Waals surface area contributed by atoms with E-state index in [1.54, 1.807) is 13.8 Å². The van der Waals surface area contributed by atoms with Crippen molar-refractivity contribution in [1.82, 2.24) is 16.0 Å². The first-order chi connectivity index (χ1) is 16.6. The van der Waals surface area contributed by atoms with E-state index in [0.29, 0.717) is 64.6 Å². The second-order valence-corrected chi connectivity index (χ2v) is 9.15. The third-order valence-corrected chi connectivity index (χ3v) is 5.69. The van der Waals surface area contributed by atoms with Crippen LogP contribution in [0.3, 0.4) is 0 Å². The molecule has 12 nitrogen and oxygen atoms in total. The van der Waals surface area contributed by atoms with E-state index < -0.39 is 47.9 Å². The van der Waals surface area contributed by atoms with Gasteiger partial charge in [0.15, 0.2) is 0 Å². The number of carbonyl (C=O) groups is 4. The third-order valence-electron chi connectivity index (χ3n) is 5.69. The Balaban J connectivity index is 5.31. The first kappa shape index (κ1) is 32.7. The number of nitrogens with one attached hydrogen (secondary N) is 3. The molecular weight excluding hydrogens is 454 g/mol. The van der Waals surface area contributed by atoms with E-state index in [1.165, 1.54) is 0 Å². The first-order valence-corrected chi connectivity index (χ1v) is 12.6. The lowest BCUT2D eigenvalue weighted by atomic mass is 10.0. The van der Waals surface area contributed by atoms with Crippen LogP contribution in [0.2, 0.25) is 0 Å². The van der Waals surface area contributed by atoms with Crippen LogP contribution in [-0.2, 0) is 19.2 Å². The highest BCUT2D eigenvalue weighted by Crippen LogP contribution is 2.09.